The number of ether oxygens (including phenoxy) is 1. The van der Waals surface area contributed by atoms with E-state index in [0.717, 1.165) is 32.2 Å². The van der Waals surface area contributed by atoms with Gasteiger partial charge in [-0.1, -0.05) is 34.1 Å². The molecule has 1 N–H and O–H groups in total. The summed E-state index contributed by atoms with van der Waals surface area (Å²) in [6.07, 6.45) is 5.24. The summed E-state index contributed by atoms with van der Waals surface area (Å²) in [6.45, 7) is 12.2. The van der Waals surface area contributed by atoms with Crippen LogP contribution >= 0.6 is 0 Å². The summed E-state index contributed by atoms with van der Waals surface area (Å²) in [5.41, 5.74) is -0.109. The zero-order chi connectivity index (χ0) is 14.5. The summed E-state index contributed by atoms with van der Waals surface area (Å²) in [4.78, 5) is 12.3. The number of nitrogens with one attached hydrogen (secondary N) is 1. The second kappa shape index (κ2) is 6.74. The Balaban J connectivity index is 2.81. The topological polar surface area (TPSA) is 38.3 Å². The molecule has 19 heavy (non-hydrogen) atoms. The third kappa shape index (κ3) is 4.20. The van der Waals surface area contributed by atoms with Gasteiger partial charge < -0.3 is 10.1 Å². The van der Waals surface area contributed by atoms with Crippen LogP contribution in [0.25, 0.3) is 0 Å². The number of esters is 1. The maximum absolute atomic E-state index is 12.3. The minimum absolute atomic E-state index is 0.0496. The summed E-state index contributed by atoms with van der Waals surface area (Å²) in [5.74, 6) is 0.647. The summed E-state index contributed by atoms with van der Waals surface area (Å²) in [6, 6.07) is 0. The fourth-order valence-corrected chi connectivity index (χ4v) is 3.27. The maximum atomic E-state index is 12.3. The van der Waals surface area contributed by atoms with Crippen molar-refractivity contribution in [1.82, 2.24) is 5.32 Å². The quantitative estimate of drug-likeness (QED) is 0.627. The molecule has 1 rings (SSSR count). The molecule has 0 spiro atoms. The van der Waals surface area contributed by atoms with Crippen molar-refractivity contribution in [1.29, 1.82) is 0 Å². The van der Waals surface area contributed by atoms with Crippen molar-refractivity contribution < 1.29 is 9.53 Å². The molecule has 0 aliphatic heterocycles. The third-order valence-electron chi connectivity index (χ3n) is 4.48. The molecule has 0 amide bonds. The molecule has 3 heteroatoms. The Morgan fingerprint density at radius 3 is 2.47 bits per heavy atom. The van der Waals surface area contributed by atoms with Gasteiger partial charge in [0.1, 0.15) is 5.54 Å². The highest BCUT2D eigenvalue weighted by atomic mass is 16.5. The molecule has 112 valence electrons. The van der Waals surface area contributed by atoms with Crippen LogP contribution in [0.3, 0.4) is 0 Å². The van der Waals surface area contributed by atoms with Gasteiger partial charge in [0, 0.05) is 0 Å². The molecule has 1 aliphatic rings. The SMILES string of the molecule is CCNC1(C(=O)OCC)CCCC(C(C)(C)C)CC1. The molecule has 1 fully saturated rings. The molecular formula is C16H31NO2. The Morgan fingerprint density at radius 2 is 1.95 bits per heavy atom. The summed E-state index contributed by atoms with van der Waals surface area (Å²) in [7, 11) is 0. The van der Waals surface area contributed by atoms with Crippen LogP contribution in [0, 0.1) is 11.3 Å². The fourth-order valence-electron chi connectivity index (χ4n) is 3.27. The molecule has 0 saturated heterocycles. The highest BCUT2D eigenvalue weighted by Crippen LogP contribution is 2.40. The van der Waals surface area contributed by atoms with Crippen LogP contribution in [-0.4, -0.2) is 24.7 Å². The molecule has 0 radical (unpaired) electrons. The summed E-state index contributed by atoms with van der Waals surface area (Å²) in [5, 5.41) is 3.42. The van der Waals surface area contributed by atoms with E-state index in [1.165, 1.54) is 6.42 Å². The number of likely N-dealkylation sites (N-methyl/N-ethyl adjacent to an activating group) is 1. The van der Waals surface area contributed by atoms with E-state index in [4.69, 9.17) is 4.74 Å². The molecule has 2 unspecified atom stereocenters. The molecule has 1 aliphatic carbocycles. The Bertz CT molecular complexity index is 296. The Labute approximate surface area is 118 Å². The van der Waals surface area contributed by atoms with Gasteiger partial charge in [0.05, 0.1) is 6.61 Å². The van der Waals surface area contributed by atoms with Crippen molar-refractivity contribution in [3.63, 3.8) is 0 Å². The molecule has 3 nitrogen and oxygen atoms in total. The van der Waals surface area contributed by atoms with Crippen molar-refractivity contribution in [2.75, 3.05) is 13.2 Å². The number of rotatable bonds is 4. The van der Waals surface area contributed by atoms with E-state index in [1.807, 2.05) is 6.92 Å². The average molecular weight is 269 g/mol. The lowest BCUT2D eigenvalue weighted by Gasteiger charge is -2.33. The lowest BCUT2D eigenvalue weighted by molar-refractivity contribution is -0.152. The standard InChI is InChI=1S/C16H31NO2/c1-6-17-16(14(18)19-7-2)11-8-9-13(10-12-16)15(3,4)5/h13,17H,6-12H2,1-5H3. The second-order valence-corrected chi connectivity index (χ2v) is 6.83. The second-order valence-electron chi connectivity index (χ2n) is 6.83. The monoisotopic (exact) mass is 269 g/mol. The van der Waals surface area contributed by atoms with Crippen LogP contribution in [0.5, 0.6) is 0 Å². The molecular weight excluding hydrogens is 238 g/mol. The highest BCUT2D eigenvalue weighted by molar-refractivity contribution is 5.80. The fraction of sp³-hybridized carbons (Fsp3) is 0.938. The smallest absolute Gasteiger partial charge is 0.326 e. The van der Waals surface area contributed by atoms with Crippen LogP contribution in [-0.2, 0) is 9.53 Å². The Hall–Kier alpha value is -0.570. The average Bonchev–Trinajstić information content (AvgIpc) is 2.53. The van der Waals surface area contributed by atoms with Crippen molar-refractivity contribution in [2.24, 2.45) is 11.3 Å². The van der Waals surface area contributed by atoms with Crippen LogP contribution in [0.4, 0.5) is 0 Å². The number of carbonyl (C=O) groups is 1. The predicted molar refractivity (Wildman–Crippen MR) is 79.1 cm³/mol. The van der Waals surface area contributed by atoms with Gasteiger partial charge in [-0.3, -0.25) is 4.79 Å². The minimum Gasteiger partial charge on any atom is -0.465 e. The molecule has 0 bridgehead atoms. The Morgan fingerprint density at radius 1 is 1.26 bits per heavy atom. The van der Waals surface area contributed by atoms with Gasteiger partial charge in [-0.25, -0.2) is 0 Å². The number of hydrogen-bond acceptors (Lipinski definition) is 3. The predicted octanol–water partition coefficient (Wildman–Crippen LogP) is 3.52. The summed E-state index contributed by atoms with van der Waals surface area (Å²) < 4.78 is 5.31. The van der Waals surface area contributed by atoms with Crippen molar-refractivity contribution in [3.05, 3.63) is 0 Å². The Kier molecular flexibility index (Phi) is 5.84. The third-order valence-corrected chi connectivity index (χ3v) is 4.48. The van der Waals surface area contributed by atoms with Gasteiger partial charge in [0.25, 0.3) is 0 Å². The van der Waals surface area contributed by atoms with Gasteiger partial charge in [0.15, 0.2) is 0 Å². The molecule has 0 aromatic heterocycles. The zero-order valence-corrected chi connectivity index (χ0v) is 13.3. The van der Waals surface area contributed by atoms with Crippen molar-refractivity contribution in [2.45, 2.75) is 72.3 Å². The van der Waals surface area contributed by atoms with Crippen LogP contribution in [0.2, 0.25) is 0 Å². The first kappa shape index (κ1) is 16.5. The van der Waals surface area contributed by atoms with E-state index >= 15 is 0 Å². The molecule has 0 aromatic carbocycles. The number of hydrogen-bond donors (Lipinski definition) is 1. The first-order chi connectivity index (χ1) is 8.85. The van der Waals surface area contributed by atoms with Gasteiger partial charge in [0.2, 0.25) is 0 Å². The van der Waals surface area contributed by atoms with Crippen molar-refractivity contribution >= 4 is 5.97 Å². The van der Waals surface area contributed by atoms with E-state index < -0.39 is 5.54 Å². The minimum atomic E-state index is -0.440. The van der Waals surface area contributed by atoms with Crippen molar-refractivity contribution in [3.8, 4) is 0 Å². The van der Waals surface area contributed by atoms with E-state index in [9.17, 15) is 4.79 Å². The first-order valence-electron chi connectivity index (χ1n) is 7.78. The van der Waals surface area contributed by atoms with E-state index in [0.29, 0.717) is 17.9 Å². The molecule has 0 heterocycles. The van der Waals surface area contributed by atoms with Crippen LogP contribution in [0.15, 0.2) is 0 Å². The highest BCUT2D eigenvalue weighted by Gasteiger charge is 2.42. The van der Waals surface area contributed by atoms with E-state index in [1.54, 1.807) is 0 Å². The van der Waals surface area contributed by atoms with E-state index in [2.05, 4.69) is 33.0 Å². The number of carbonyl (C=O) groups excluding carboxylic acids is 1. The summed E-state index contributed by atoms with van der Waals surface area (Å²) >= 11 is 0. The lowest BCUT2D eigenvalue weighted by Crippen LogP contribution is -2.52. The largest absolute Gasteiger partial charge is 0.465 e. The lowest BCUT2D eigenvalue weighted by atomic mass is 9.76. The molecule has 1 saturated carbocycles. The van der Waals surface area contributed by atoms with Crippen LogP contribution in [0.1, 0.15) is 66.7 Å². The van der Waals surface area contributed by atoms with Gasteiger partial charge in [-0.2, -0.15) is 0 Å². The zero-order valence-electron chi connectivity index (χ0n) is 13.3. The normalized spacial score (nSPS) is 28.8. The van der Waals surface area contributed by atoms with Gasteiger partial charge in [-0.15, -0.1) is 0 Å². The van der Waals surface area contributed by atoms with Gasteiger partial charge in [-0.05, 0) is 50.5 Å². The molecule has 2 atom stereocenters. The molecule has 0 aromatic rings. The van der Waals surface area contributed by atoms with Gasteiger partial charge >= 0.3 is 5.97 Å². The maximum Gasteiger partial charge on any atom is 0.326 e. The van der Waals surface area contributed by atoms with Crippen LogP contribution < -0.4 is 5.32 Å². The van der Waals surface area contributed by atoms with E-state index in [-0.39, 0.29) is 5.97 Å². The first-order valence-corrected chi connectivity index (χ1v) is 7.78.